The lowest BCUT2D eigenvalue weighted by Gasteiger charge is -2.06. The van der Waals surface area contributed by atoms with E-state index in [4.69, 9.17) is 4.74 Å². The van der Waals surface area contributed by atoms with Gasteiger partial charge in [0.2, 0.25) is 0 Å². The second-order valence-electron chi connectivity index (χ2n) is 3.83. The van der Waals surface area contributed by atoms with Crippen LogP contribution in [0.3, 0.4) is 0 Å². The Balaban J connectivity index is 2.48. The average molecular weight is 291 g/mol. The van der Waals surface area contributed by atoms with Crippen molar-refractivity contribution in [2.75, 3.05) is 19.5 Å². The summed E-state index contributed by atoms with van der Waals surface area (Å²) < 4.78 is 9.33. The highest BCUT2D eigenvalue weighted by atomic mass is 32.1. The summed E-state index contributed by atoms with van der Waals surface area (Å²) in [5, 5.41) is 4.73. The SMILES string of the molecule is COC(=O)Nc1scc(-c2ccccc2)c1C(=O)OC. The Hall–Kier alpha value is -2.34. The van der Waals surface area contributed by atoms with E-state index in [-0.39, 0.29) is 0 Å². The lowest BCUT2D eigenvalue weighted by molar-refractivity contribution is 0.0603. The minimum absolute atomic E-state index is 0.328. The smallest absolute Gasteiger partial charge is 0.411 e. The van der Waals surface area contributed by atoms with E-state index < -0.39 is 12.1 Å². The number of methoxy groups -OCH3 is 2. The van der Waals surface area contributed by atoms with Crippen LogP contribution in [0.4, 0.5) is 9.80 Å². The molecular formula is C14H13NO4S. The Morgan fingerprint density at radius 2 is 1.80 bits per heavy atom. The van der Waals surface area contributed by atoms with Crippen LogP contribution in [0.2, 0.25) is 0 Å². The normalized spacial score (nSPS) is 9.90. The first-order valence-corrected chi connectivity index (χ1v) is 6.65. The van der Waals surface area contributed by atoms with E-state index in [0.717, 1.165) is 5.56 Å². The monoisotopic (exact) mass is 291 g/mol. The number of rotatable bonds is 3. The molecule has 0 aliphatic heterocycles. The van der Waals surface area contributed by atoms with Gasteiger partial charge in [0.1, 0.15) is 10.6 Å². The minimum atomic E-state index is -0.628. The quantitative estimate of drug-likeness (QED) is 0.880. The molecule has 0 aliphatic rings. The molecule has 1 heterocycles. The van der Waals surface area contributed by atoms with Crippen molar-refractivity contribution in [2.45, 2.75) is 0 Å². The van der Waals surface area contributed by atoms with E-state index >= 15 is 0 Å². The first-order chi connectivity index (χ1) is 9.67. The molecule has 0 unspecified atom stereocenters. The van der Waals surface area contributed by atoms with Crippen molar-refractivity contribution in [1.82, 2.24) is 0 Å². The van der Waals surface area contributed by atoms with Crippen molar-refractivity contribution < 1.29 is 19.1 Å². The van der Waals surface area contributed by atoms with Crippen LogP contribution < -0.4 is 5.32 Å². The number of benzene rings is 1. The highest BCUT2D eigenvalue weighted by molar-refractivity contribution is 7.15. The number of thiophene rings is 1. The van der Waals surface area contributed by atoms with E-state index in [1.54, 1.807) is 5.38 Å². The second kappa shape index (κ2) is 6.21. The van der Waals surface area contributed by atoms with Crippen molar-refractivity contribution in [1.29, 1.82) is 0 Å². The molecule has 0 atom stereocenters. The molecule has 0 saturated heterocycles. The minimum Gasteiger partial charge on any atom is -0.465 e. The maximum absolute atomic E-state index is 12.0. The van der Waals surface area contributed by atoms with Crippen molar-refractivity contribution in [3.63, 3.8) is 0 Å². The van der Waals surface area contributed by atoms with Crippen LogP contribution in [-0.2, 0) is 9.47 Å². The van der Waals surface area contributed by atoms with Gasteiger partial charge >= 0.3 is 12.1 Å². The number of nitrogens with one attached hydrogen (secondary N) is 1. The van der Waals surface area contributed by atoms with Crippen LogP contribution in [0.1, 0.15) is 10.4 Å². The predicted molar refractivity (Wildman–Crippen MR) is 77.1 cm³/mol. The Bertz CT molecular complexity index is 621. The van der Waals surface area contributed by atoms with Gasteiger partial charge in [0.15, 0.2) is 0 Å². The molecule has 1 aromatic heterocycles. The molecule has 104 valence electrons. The molecule has 2 aromatic rings. The molecule has 1 amide bonds. The zero-order valence-electron chi connectivity index (χ0n) is 11.0. The van der Waals surface area contributed by atoms with Gasteiger partial charge < -0.3 is 9.47 Å². The molecule has 20 heavy (non-hydrogen) atoms. The third kappa shape index (κ3) is 2.80. The summed E-state index contributed by atoms with van der Waals surface area (Å²) in [5.74, 6) is -0.503. The third-order valence-corrected chi connectivity index (χ3v) is 3.56. The first kappa shape index (κ1) is 14.1. The number of amides is 1. The third-order valence-electron chi connectivity index (χ3n) is 2.67. The molecule has 0 bridgehead atoms. The van der Waals surface area contributed by atoms with Gasteiger partial charge in [-0.05, 0) is 5.56 Å². The number of hydrogen-bond acceptors (Lipinski definition) is 5. The zero-order chi connectivity index (χ0) is 14.5. The number of ether oxygens (including phenoxy) is 2. The molecule has 5 nitrogen and oxygen atoms in total. The van der Waals surface area contributed by atoms with Crippen LogP contribution >= 0.6 is 11.3 Å². The van der Waals surface area contributed by atoms with Gasteiger partial charge in [0.05, 0.1) is 14.2 Å². The lowest BCUT2D eigenvalue weighted by Crippen LogP contribution is -2.13. The summed E-state index contributed by atoms with van der Waals surface area (Å²) in [6.45, 7) is 0. The van der Waals surface area contributed by atoms with E-state index in [1.165, 1.54) is 25.6 Å². The lowest BCUT2D eigenvalue weighted by atomic mass is 10.0. The van der Waals surface area contributed by atoms with Gasteiger partial charge in [-0.3, -0.25) is 5.32 Å². The Morgan fingerprint density at radius 1 is 1.10 bits per heavy atom. The number of anilines is 1. The topological polar surface area (TPSA) is 64.6 Å². The second-order valence-corrected chi connectivity index (χ2v) is 4.71. The summed E-state index contributed by atoms with van der Waals surface area (Å²) in [6.07, 6.45) is -0.628. The number of hydrogen-bond donors (Lipinski definition) is 1. The molecule has 1 N–H and O–H groups in total. The highest BCUT2D eigenvalue weighted by Crippen LogP contribution is 2.36. The van der Waals surface area contributed by atoms with Gasteiger partial charge in [-0.2, -0.15) is 0 Å². The van der Waals surface area contributed by atoms with E-state index in [2.05, 4.69) is 10.1 Å². The maximum Gasteiger partial charge on any atom is 0.411 e. The predicted octanol–water partition coefficient (Wildman–Crippen LogP) is 3.38. The van der Waals surface area contributed by atoms with Crippen LogP contribution in [0.15, 0.2) is 35.7 Å². The van der Waals surface area contributed by atoms with Gasteiger partial charge in [-0.1, -0.05) is 30.3 Å². The average Bonchev–Trinajstić information content (AvgIpc) is 2.90. The van der Waals surface area contributed by atoms with Gasteiger partial charge in [0, 0.05) is 10.9 Å². The fourth-order valence-corrected chi connectivity index (χ4v) is 2.67. The molecule has 6 heteroatoms. The molecule has 0 aliphatic carbocycles. The van der Waals surface area contributed by atoms with Crippen molar-refractivity contribution >= 4 is 28.4 Å². The summed E-state index contributed by atoms with van der Waals surface area (Å²) in [4.78, 5) is 23.3. The van der Waals surface area contributed by atoms with Crippen LogP contribution in [0, 0.1) is 0 Å². The van der Waals surface area contributed by atoms with E-state index in [0.29, 0.717) is 16.1 Å². The van der Waals surface area contributed by atoms with Gasteiger partial charge in [-0.25, -0.2) is 9.59 Å². The summed E-state index contributed by atoms with van der Waals surface area (Å²) in [5.41, 5.74) is 1.92. The van der Waals surface area contributed by atoms with Crippen LogP contribution in [-0.4, -0.2) is 26.3 Å². The molecule has 0 radical (unpaired) electrons. The van der Waals surface area contributed by atoms with E-state index in [1.807, 2.05) is 30.3 Å². The Morgan fingerprint density at radius 3 is 2.40 bits per heavy atom. The Kier molecular flexibility index (Phi) is 4.37. The van der Waals surface area contributed by atoms with Crippen LogP contribution in [0.25, 0.3) is 11.1 Å². The Labute approximate surface area is 120 Å². The maximum atomic E-state index is 12.0. The number of esters is 1. The summed E-state index contributed by atoms with van der Waals surface area (Å²) >= 11 is 1.25. The van der Waals surface area contributed by atoms with E-state index in [9.17, 15) is 9.59 Å². The summed E-state index contributed by atoms with van der Waals surface area (Å²) in [7, 11) is 2.57. The molecular weight excluding hydrogens is 278 g/mol. The fourth-order valence-electron chi connectivity index (χ4n) is 1.73. The zero-order valence-corrected chi connectivity index (χ0v) is 11.8. The first-order valence-electron chi connectivity index (χ1n) is 5.77. The van der Waals surface area contributed by atoms with Crippen LogP contribution in [0.5, 0.6) is 0 Å². The fraction of sp³-hybridized carbons (Fsp3) is 0.143. The summed E-state index contributed by atoms with van der Waals surface area (Å²) in [6, 6.07) is 9.41. The molecule has 2 rings (SSSR count). The highest BCUT2D eigenvalue weighted by Gasteiger charge is 2.22. The van der Waals surface area contributed by atoms with Crippen molar-refractivity contribution in [3.05, 3.63) is 41.3 Å². The van der Waals surface area contributed by atoms with Gasteiger partial charge in [0.25, 0.3) is 0 Å². The van der Waals surface area contributed by atoms with Crippen molar-refractivity contribution in [2.24, 2.45) is 0 Å². The molecule has 0 spiro atoms. The largest absolute Gasteiger partial charge is 0.465 e. The van der Waals surface area contributed by atoms with Gasteiger partial charge in [-0.15, -0.1) is 11.3 Å². The molecule has 0 fully saturated rings. The molecule has 0 saturated carbocycles. The molecule has 1 aromatic carbocycles. The number of carbonyl (C=O) groups excluding carboxylic acids is 2. The number of carbonyl (C=O) groups is 2. The standard InChI is InChI=1S/C14H13NO4S/c1-18-13(16)11-10(9-6-4-3-5-7-9)8-20-12(11)15-14(17)19-2/h3-8H,1-2H3,(H,15,17). The van der Waals surface area contributed by atoms with Crippen molar-refractivity contribution in [3.8, 4) is 11.1 Å².